The molecule has 2 heterocycles. The maximum atomic E-state index is 5.54. The highest BCUT2D eigenvalue weighted by atomic mass is 14.8. The van der Waals surface area contributed by atoms with Gasteiger partial charge in [0.2, 0.25) is 0 Å². The highest BCUT2D eigenvalue weighted by Crippen LogP contribution is 2.15. The van der Waals surface area contributed by atoms with Crippen molar-refractivity contribution in [3.8, 4) is 11.4 Å². The zero-order chi connectivity index (χ0) is 8.39. The third kappa shape index (κ3) is 1.14. The average Bonchev–Trinajstić information content (AvgIpc) is 2.54. The number of nitrogens with two attached hydrogens (primary N) is 1. The fourth-order valence-corrected chi connectivity index (χ4v) is 1.01. The van der Waals surface area contributed by atoms with Crippen LogP contribution in [0.4, 0.5) is 5.69 Å². The third-order valence-corrected chi connectivity index (χ3v) is 1.56. The fraction of sp³-hybridized carbons (Fsp3) is 0. The van der Waals surface area contributed by atoms with Crippen molar-refractivity contribution < 1.29 is 0 Å². The summed E-state index contributed by atoms with van der Waals surface area (Å²) < 4.78 is 0. The number of nitrogens with zero attached hydrogens (tertiary/aromatic N) is 2. The first kappa shape index (κ1) is 6.84. The maximum absolute atomic E-state index is 5.54. The average molecular weight is 160 g/mol. The summed E-state index contributed by atoms with van der Waals surface area (Å²) in [6.07, 6.45) is 4.93. The third-order valence-electron chi connectivity index (χ3n) is 1.56. The smallest absolute Gasteiger partial charge is 0.116 e. The standard InChI is InChI=1S/C8H8N4/c9-6-3-8(11-4-6)7-1-2-10-5-12-7/h1-5,11H,9H2. The van der Waals surface area contributed by atoms with Gasteiger partial charge >= 0.3 is 0 Å². The molecule has 0 saturated heterocycles. The van der Waals surface area contributed by atoms with Crippen LogP contribution in [0.1, 0.15) is 0 Å². The van der Waals surface area contributed by atoms with Gasteiger partial charge in [-0.15, -0.1) is 0 Å². The molecule has 2 rings (SSSR count). The van der Waals surface area contributed by atoms with Gasteiger partial charge in [0.1, 0.15) is 6.33 Å². The Bertz CT molecular complexity index is 366. The van der Waals surface area contributed by atoms with Gasteiger partial charge in [0, 0.05) is 18.1 Å². The fourth-order valence-electron chi connectivity index (χ4n) is 1.01. The largest absolute Gasteiger partial charge is 0.397 e. The van der Waals surface area contributed by atoms with Crippen molar-refractivity contribution in [2.75, 3.05) is 5.73 Å². The minimum atomic E-state index is 0.712. The Kier molecular flexibility index (Phi) is 1.51. The van der Waals surface area contributed by atoms with Crippen molar-refractivity contribution in [2.45, 2.75) is 0 Å². The molecule has 4 heteroatoms. The quantitative estimate of drug-likeness (QED) is 0.655. The van der Waals surface area contributed by atoms with Crippen LogP contribution in [0.2, 0.25) is 0 Å². The molecule has 0 fully saturated rings. The molecule has 0 aliphatic carbocycles. The molecule has 0 bridgehead atoms. The van der Waals surface area contributed by atoms with Gasteiger partial charge in [-0.25, -0.2) is 9.97 Å². The van der Waals surface area contributed by atoms with Crippen molar-refractivity contribution in [2.24, 2.45) is 0 Å². The van der Waals surface area contributed by atoms with Crippen molar-refractivity contribution in [1.29, 1.82) is 0 Å². The van der Waals surface area contributed by atoms with E-state index in [0.717, 1.165) is 11.4 Å². The first-order valence-corrected chi connectivity index (χ1v) is 3.56. The predicted molar refractivity (Wildman–Crippen MR) is 46.2 cm³/mol. The molecule has 4 nitrogen and oxygen atoms in total. The van der Waals surface area contributed by atoms with Gasteiger partial charge in [0.15, 0.2) is 0 Å². The minimum Gasteiger partial charge on any atom is -0.397 e. The summed E-state index contributed by atoms with van der Waals surface area (Å²) in [5.74, 6) is 0. The van der Waals surface area contributed by atoms with E-state index < -0.39 is 0 Å². The second-order valence-electron chi connectivity index (χ2n) is 2.44. The van der Waals surface area contributed by atoms with Crippen LogP contribution in [0.3, 0.4) is 0 Å². The molecular weight excluding hydrogens is 152 g/mol. The van der Waals surface area contributed by atoms with Crippen LogP contribution in [-0.2, 0) is 0 Å². The lowest BCUT2D eigenvalue weighted by atomic mass is 10.3. The summed E-state index contributed by atoms with van der Waals surface area (Å²) in [6, 6.07) is 3.66. The molecule has 0 unspecified atom stereocenters. The molecule has 0 radical (unpaired) electrons. The van der Waals surface area contributed by atoms with Gasteiger partial charge in [0.05, 0.1) is 11.4 Å². The van der Waals surface area contributed by atoms with Crippen LogP contribution in [0, 0.1) is 0 Å². The van der Waals surface area contributed by atoms with Gasteiger partial charge in [-0.2, -0.15) is 0 Å². The lowest BCUT2D eigenvalue weighted by molar-refractivity contribution is 1.16. The van der Waals surface area contributed by atoms with E-state index in [1.165, 1.54) is 6.33 Å². The zero-order valence-electron chi connectivity index (χ0n) is 6.36. The van der Waals surface area contributed by atoms with E-state index in [2.05, 4.69) is 15.0 Å². The van der Waals surface area contributed by atoms with E-state index in [1.54, 1.807) is 12.4 Å². The summed E-state index contributed by atoms with van der Waals surface area (Å²) in [6.45, 7) is 0. The minimum absolute atomic E-state index is 0.712. The molecular formula is C8H8N4. The number of anilines is 1. The number of hydrogen-bond donors (Lipinski definition) is 2. The van der Waals surface area contributed by atoms with Crippen LogP contribution < -0.4 is 5.73 Å². The normalized spacial score (nSPS) is 10.0. The van der Waals surface area contributed by atoms with Gasteiger partial charge in [-0.05, 0) is 12.1 Å². The van der Waals surface area contributed by atoms with E-state index in [1.807, 2.05) is 12.1 Å². The molecule has 0 spiro atoms. The molecule has 0 saturated carbocycles. The Morgan fingerprint density at radius 3 is 2.92 bits per heavy atom. The van der Waals surface area contributed by atoms with Crippen LogP contribution in [-0.4, -0.2) is 15.0 Å². The highest BCUT2D eigenvalue weighted by Gasteiger charge is 1.99. The molecule has 12 heavy (non-hydrogen) atoms. The van der Waals surface area contributed by atoms with Gasteiger partial charge in [-0.3, -0.25) is 0 Å². The predicted octanol–water partition coefficient (Wildman–Crippen LogP) is 1.05. The second-order valence-corrected chi connectivity index (χ2v) is 2.44. The number of nitrogens with one attached hydrogen (secondary N) is 1. The number of nitrogen functional groups attached to an aromatic ring is 1. The van der Waals surface area contributed by atoms with Gasteiger partial charge < -0.3 is 10.7 Å². The number of aromatic amines is 1. The van der Waals surface area contributed by atoms with Crippen molar-refractivity contribution >= 4 is 5.69 Å². The summed E-state index contributed by atoms with van der Waals surface area (Å²) in [5.41, 5.74) is 8.01. The van der Waals surface area contributed by atoms with Crippen molar-refractivity contribution in [3.63, 3.8) is 0 Å². The van der Waals surface area contributed by atoms with Crippen LogP contribution in [0.15, 0.2) is 30.9 Å². The maximum Gasteiger partial charge on any atom is 0.116 e. The van der Waals surface area contributed by atoms with Gasteiger partial charge in [-0.1, -0.05) is 0 Å². The topological polar surface area (TPSA) is 67.6 Å². The Hall–Kier alpha value is -1.84. The SMILES string of the molecule is Nc1c[nH]c(-c2ccncn2)c1. The molecule has 0 amide bonds. The van der Waals surface area contributed by atoms with Crippen LogP contribution >= 0.6 is 0 Å². The Morgan fingerprint density at radius 1 is 1.42 bits per heavy atom. The number of rotatable bonds is 1. The molecule has 0 aromatic carbocycles. The molecule has 0 aliphatic heterocycles. The lowest BCUT2D eigenvalue weighted by Gasteiger charge is -1.92. The van der Waals surface area contributed by atoms with E-state index in [9.17, 15) is 0 Å². The number of hydrogen-bond acceptors (Lipinski definition) is 3. The Labute approximate surface area is 69.5 Å². The van der Waals surface area contributed by atoms with Crippen LogP contribution in [0.5, 0.6) is 0 Å². The van der Waals surface area contributed by atoms with Crippen molar-refractivity contribution in [1.82, 2.24) is 15.0 Å². The van der Waals surface area contributed by atoms with E-state index in [0.29, 0.717) is 5.69 Å². The van der Waals surface area contributed by atoms with E-state index in [4.69, 9.17) is 5.73 Å². The van der Waals surface area contributed by atoms with E-state index >= 15 is 0 Å². The number of H-pyrrole nitrogens is 1. The Morgan fingerprint density at radius 2 is 2.33 bits per heavy atom. The first-order valence-electron chi connectivity index (χ1n) is 3.56. The number of aromatic nitrogens is 3. The highest BCUT2D eigenvalue weighted by molar-refractivity contribution is 5.59. The lowest BCUT2D eigenvalue weighted by Crippen LogP contribution is -1.82. The summed E-state index contributed by atoms with van der Waals surface area (Å²) in [5, 5.41) is 0. The van der Waals surface area contributed by atoms with Crippen LogP contribution in [0.25, 0.3) is 11.4 Å². The van der Waals surface area contributed by atoms with Crippen molar-refractivity contribution in [3.05, 3.63) is 30.9 Å². The summed E-state index contributed by atoms with van der Waals surface area (Å²) in [7, 11) is 0. The molecule has 60 valence electrons. The second kappa shape index (κ2) is 2.65. The summed E-state index contributed by atoms with van der Waals surface area (Å²) >= 11 is 0. The zero-order valence-corrected chi connectivity index (χ0v) is 6.36. The molecule has 2 aromatic rings. The molecule has 3 N–H and O–H groups in total. The summed E-state index contributed by atoms with van der Waals surface area (Å²) in [4.78, 5) is 10.9. The van der Waals surface area contributed by atoms with Gasteiger partial charge in [0.25, 0.3) is 0 Å². The Balaban J connectivity index is 2.45. The monoisotopic (exact) mass is 160 g/mol. The first-order chi connectivity index (χ1) is 5.86. The molecule has 0 aliphatic rings. The molecule has 2 aromatic heterocycles. The van der Waals surface area contributed by atoms with E-state index in [-0.39, 0.29) is 0 Å². The molecule has 0 atom stereocenters.